The molecule has 0 heteroatoms. The average Bonchev–Trinajstić information content (AvgIpc) is 2.69. The molecule has 3 rings (SSSR count). The Labute approximate surface area is 209 Å². The molecule has 3 fully saturated rings. The minimum atomic E-state index is 0. The maximum absolute atomic E-state index is 2.58. The van der Waals surface area contributed by atoms with E-state index in [-0.39, 0.29) is 37.1 Å². The van der Waals surface area contributed by atoms with Gasteiger partial charge in [-0.25, -0.2) is 0 Å². The van der Waals surface area contributed by atoms with E-state index in [2.05, 4.69) is 41.5 Å². The van der Waals surface area contributed by atoms with E-state index in [0.29, 0.717) is 5.41 Å². The molecular weight excluding hydrogens is 384 g/mol. The van der Waals surface area contributed by atoms with Gasteiger partial charge in [-0.15, -0.1) is 0 Å². The van der Waals surface area contributed by atoms with Crippen molar-refractivity contribution < 1.29 is 0 Å². The van der Waals surface area contributed by atoms with Crippen LogP contribution in [-0.4, -0.2) is 0 Å². The highest BCUT2D eigenvalue weighted by Crippen LogP contribution is 2.49. The van der Waals surface area contributed by atoms with Crippen molar-refractivity contribution in [2.24, 2.45) is 40.9 Å². The van der Waals surface area contributed by atoms with Crippen molar-refractivity contribution in [3.8, 4) is 0 Å². The Balaban J connectivity index is -0.000000232. The van der Waals surface area contributed by atoms with Crippen LogP contribution < -0.4 is 0 Å². The van der Waals surface area contributed by atoms with E-state index in [9.17, 15) is 0 Å². The van der Waals surface area contributed by atoms with Crippen molar-refractivity contribution in [3.63, 3.8) is 0 Å². The molecule has 0 atom stereocenters. The Morgan fingerprint density at radius 2 is 0.719 bits per heavy atom. The summed E-state index contributed by atoms with van der Waals surface area (Å²) >= 11 is 0. The van der Waals surface area contributed by atoms with Crippen LogP contribution >= 0.6 is 0 Å². The van der Waals surface area contributed by atoms with E-state index in [0.717, 1.165) is 35.5 Å². The fourth-order valence-electron chi connectivity index (χ4n) is 6.39. The zero-order valence-corrected chi connectivity index (χ0v) is 19.9. The first-order valence-corrected chi connectivity index (χ1v) is 12.9. The van der Waals surface area contributed by atoms with Crippen LogP contribution in [0.4, 0.5) is 0 Å². The summed E-state index contributed by atoms with van der Waals surface area (Å²) in [6.07, 6.45) is 20.8. The monoisotopic (exact) mass is 457 g/mol. The van der Waals surface area contributed by atoms with Gasteiger partial charge >= 0.3 is 0 Å². The highest BCUT2D eigenvalue weighted by atomic mass is 14.4. The van der Waals surface area contributed by atoms with Gasteiger partial charge in [-0.2, -0.15) is 0 Å². The standard InChI is InChI=1S/C17H32.C10H20.5CH4/c1-13-5-9-15(10-6-13)17(3,4)16-11-7-14(2)8-12-16;1-3-9-5-7-10(4-2)8-6-9;;;;;/h13-16H,5-12H2,1-4H3;9-10H,3-8H2,1-2H3;5*1H4. The van der Waals surface area contributed by atoms with Crippen LogP contribution in [0.3, 0.4) is 0 Å². The van der Waals surface area contributed by atoms with Crippen molar-refractivity contribution in [3.05, 3.63) is 0 Å². The summed E-state index contributed by atoms with van der Waals surface area (Å²) in [5.41, 5.74) is 0.611. The third-order valence-electron chi connectivity index (χ3n) is 9.26. The summed E-state index contributed by atoms with van der Waals surface area (Å²) in [4.78, 5) is 0. The van der Waals surface area contributed by atoms with E-state index >= 15 is 0 Å². The average molecular weight is 457 g/mol. The normalized spacial score (nSPS) is 32.1. The Morgan fingerprint density at radius 1 is 0.469 bits per heavy atom. The second-order valence-corrected chi connectivity index (χ2v) is 11.4. The number of hydrogen-bond acceptors (Lipinski definition) is 0. The lowest BCUT2D eigenvalue weighted by atomic mass is 9.59. The molecule has 3 aliphatic carbocycles. The zero-order chi connectivity index (χ0) is 19.9. The molecule has 3 saturated carbocycles. The van der Waals surface area contributed by atoms with Gasteiger partial charge in [-0.05, 0) is 66.6 Å². The summed E-state index contributed by atoms with van der Waals surface area (Å²) in [5, 5.41) is 0. The fourth-order valence-corrected chi connectivity index (χ4v) is 6.39. The van der Waals surface area contributed by atoms with E-state index in [1.54, 1.807) is 0 Å². The lowest BCUT2D eigenvalue weighted by Crippen LogP contribution is -2.36. The van der Waals surface area contributed by atoms with Crippen molar-refractivity contribution in [2.75, 3.05) is 0 Å². The lowest BCUT2D eigenvalue weighted by Gasteiger charge is -2.46. The predicted octanol–water partition coefficient (Wildman–Crippen LogP) is 12.5. The van der Waals surface area contributed by atoms with E-state index in [4.69, 9.17) is 0 Å². The van der Waals surface area contributed by atoms with Gasteiger partial charge in [-0.3, -0.25) is 0 Å². The van der Waals surface area contributed by atoms with Crippen LogP contribution in [0.15, 0.2) is 0 Å². The lowest BCUT2D eigenvalue weighted by molar-refractivity contribution is 0.0421. The molecule has 0 aromatic heterocycles. The second kappa shape index (κ2) is 19.3. The van der Waals surface area contributed by atoms with Crippen molar-refractivity contribution in [2.45, 2.75) is 169 Å². The maximum atomic E-state index is 2.58. The molecule has 0 aliphatic heterocycles. The van der Waals surface area contributed by atoms with Gasteiger partial charge in [0.2, 0.25) is 0 Å². The molecule has 0 nitrogen and oxygen atoms in total. The van der Waals surface area contributed by atoms with Gasteiger partial charge in [0.15, 0.2) is 0 Å². The largest absolute Gasteiger partial charge is 0.0776 e. The summed E-state index contributed by atoms with van der Waals surface area (Å²) in [7, 11) is 0. The highest BCUT2D eigenvalue weighted by molar-refractivity contribution is 4.89. The first kappa shape index (κ1) is 39.2. The second-order valence-electron chi connectivity index (χ2n) is 11.4. The van der Waals surface area contributed by atoms with Crippen LogP contribution in [0.25, 0.3) is 0 Å². The summed E-state index contributed by atoms with van der Waals surface area (Å²) < 4.78 is 0. The SMILES string of the molecule is C.C.C.C.C.CC1CCC(C(C)(C)C2CCC(C)CC2)CC1.CCC1CCC(CC)CC1. The molecule has 32 heavy (non-hydrogen) atoms. The summed E-state index contributed by atoms with van der Waals surface area (Å²) in [6.45, 7) is 14.7. The molecule has 0 aromatic carbocycles. The first-order chi connectivity index (χ1) is 12.9. The van der Waals surface area contributed by atoms with Crippen LogP contribution in [0, 0.1) is 40.9 Å². The third kappa shape index (κ3) is 11.9. The summed E-state index contributed by atoms with van der Waals surface area (Å²) in [5.74, 6) is 6.15. The van der Waals surface area contributed by atoms with Crippen LogP contribution in [0.2, 0.25) is 0 Å². The molecule has 0 N–H and O–H groups in total. The predicted molar refractivity (Wildman–Crippen MR) is 156 cm³/mol. The molecular formula is C32H72. The maximum Gasteiger partial charge on any atom is -0.0298 e. The van der Waals surface area contributed by atoms with E-state index in [1.165, 1.54) is 89.9 Å². The Bertz CT molecular complexity index is 335. The molecule has 200 valence electrons. The molecule has 0 saturated heterocycles. The molecule has 0 bridgehead atoms. The van der Waals surface area contributed by atoms with Gasteiger partial charge in [0.25, 0.3) is 0 Å². The quantitative estimate of drug-likeness (QED) is 0.394. The highest BCUT2D eigenvalue weighted by Gasteiger charge is 2.39. The van der Waals surface area contributed by atoms with Gasteiger partial charge in [-0.1, -0.05) is 143 Å². The molecule has 0 spiro atoms. The smallest absolute Gasteiger partial charge is 0.0298 e. The topological polar surface area (TPSA) is 0 Å². The summed E-state index contributed by atoms with van der Waals surface area (Å²) in [6, 6.07) is 0. The first-order valence-electron chi connectivity index (χ1n) is 12.9. The molecule has 3 aliphatic rings. The Hall–Kier alpha value is 0. The van der Waals surface area contributed by atoms with Crippen LogP contribution in [0.5, 0.6) is 0 Å². The minimum Gasteiger partial charge on any atom is -0.0776 e. The van der Waals surface area contributed by atoms with Crippen LogP contribution in [-0.2, 0) is 0 Å². The Kier molecular flexibility index (Phi) is 23.7. The number of hydrogen-bond donors (Lipinski definition) is 0. The minimum absolute atomic E-state index is 0. The van der Waals surface area contributed by atoms with Gasteiger partial charge in [0.05, 0.1) is 0 Å². The van der Waals surface area contributed by atoms with Gasteiger partial charge < -0.3 is 0 Å². The Morgan fingerprint density at radius 3 is 0.938 bits per heavy atom. The van der Waals surface area contributed by atoms with Crippen molar-refractivity contribution in [1.82, 2.24) is 0 Å². The molecule has 0 aromatic rings. The van der Waals surface area contributed by atoms with E-state index in [1.807, 2.05) is 0 Å². The van der Waals surface area contributed by atoms with Crippen molar-refractivity contribution >= 4 is 0 Å². The fraction of sp³-hybridized carbons (Fsp3) is 1.00. The van der Waals surface area contributed by atoms with Gasteiger partial charge in [0, 0.05) is 0 Å². The van der Waals surface area contributed by atoms with E-state index < -0.39 is 0 Å². The molecule has 0 unspecified atom stereocenters. The third-order valence-corrected chi connectivity index (χ3v) is 9.26. The van der Waals surface area contributed by atoms with Gasteiger partial charge in [0.1, 0.15) is 0 Å². The molecule has 0 heterocycles. The molecule has 0 radical (unpaired) electrons. The van der Waals surface area contributed by atoms with Crippen molar-refractivity contribution in [1.29, 1.82) is 0 Å². The number of rotatable bonds is 4. The zero-order valence-electron chi connectivity index (χ0n) is 19.9. The molecule has 0 amide bonds. The van der Waals surface area contributed by atoms with Crippen LogP contribution in [0.1, 0.15) is 169 Å².